The number of alkyl halides is 3. The fourth-order valence-corrected chi connectivity index (χ4v) is 12.3. The van der Waals surface area contributed by atoms with Gasteiger partial charge in [-0.2, -0.15) is 18.3 Å². The first-order valence-corrected chi connectivity index (χ1v) is 28.5. The Morgan fingerprint density at radius 1 is 0.854 bits per heavy atom. The van der Waals surface area contributed by atoms with Crippen LogP contribution in [0.15, 0.2) is 91.0 Å². The van der Waals surface area contributed by atoms with Gasteiger partial charge in [0.15, 0.2) is 10.8 Å². The van der Waals surface area contributed by atoms with Crippen molar-refractivity contribution in [3.63, 3.8) is 0 Å². The molecule has 4 aromatic carbocycles. The molecular formula is C61H66F3N9O8S. The van der Waals surface area contributed by atoms with Crippen molar-refractivity contribution in [3.8, 4) is 16.9 Å². The Morgan fingerprint density at radius 2 is 1.62 bits per heavy atom. The molecule has 3 amide bonds. The number of ether oxygens (including phenoxy) is 2. The van der Waals surface area contributed by atoms with E-state index in [0.29, 0.717) is 72.9 Å². The summed E-state index contributed by atoms with van der Waals surface area (Å²) in [6.45, 7) is 13.1. The molecule has 0 aliphatic carbocycles. The van der Waals surface area contributed by atoms with Crippen LogP contribution in [0.25, 0.3) is 32.2 Å². The molecule has 1 unspecified atom stereocenters. The standard InChI is InChI=1S/C55H57N9O6S.C6H9F3O2/c1-33-38(39-17-19-48(57-51(39)54(68)69)63-26-23-36-9-5-11-40(43(36)32-63)52(66)59-55-56-44-12-3-4-14-47(44)71-55)10-6-13-46(33)70-27-7-8-34-21-24-62(25-22-34)29-35-30-64(31-35)37-15-16-41-45(28-37)61(2)60-50(41)42-18-20-49(65)58-53(42)67;1-5(2,3)11-4(10)6(7,8)9/h3-6,9-17,19,28,34-35,42H,7-8,18,20-27,29-32H2,1-2H3,(H,68,69)(H,56,59,66)(H,58,65,67);1-3H3. The molecule has 4 aliphatic heterocycles. The molecule has 1 atom stereocenters. The van der Waals surface area contributed by atoms with Crippen LogP contribution in [0.2, 0.25) is 0 Å². The van der Waals surface area contributed by atoms with Gasteiger partial charge in [-0.15, -0.1) is 0 Å². The molecule has 430 valence electrons. The van der Waals surface area contributed by atoms with Crippen LogP contribution < -0.4 is 25.2 Å². The molecule has 3 aromatic heterocycles. The van der Waals surface area contributed by atoms with Crippen LogP contribution in [-0.2, 0) is 39.1 Å². The SMILES string of the molecule is CC(C)(C)OC(=O)C(F)(F)F.Cc1c(OCCCC2CCN(CC3CN(c4ccc5c(C6CCC(=O)NC6=O)nn(C)c5c4)C3)CC2)cccc1-c1ccc(N2CCc3cccc(C(=O)Nc4nc5ccccc5s4)c3C2)nc1C(=O)O. The lowest BCUT2D eigenvalue weighted by molar-refractivity contribution is -0.210. The lowest BCUT2D eigenvalue weighted by Gasteiger charge is -2.44. The molecule has 0 radical (unpaired) electrons. The predicted octanol–water partition coefficient (Wildman–Crippen LogP) is 10.5. The van der Waals surface area contributed by atoms with Crippen LogP contribution in [-0.4, -0.2) is 117 Å². The molecular weight excluding hydrogens is 1080 g/mol. The van der Waals surface area contributed by atoms with Gasteiger partial charge in [-0.25, -0.2) is 19.6 Å². The molecule has 4 aliphatic rings. The number of carbonyl (C=O) groups excluding carboxylic acids is 4. The summed E-state index contributed by atoms with van der Waals surface area (Å²) < 4.78 is 47.8. The number of nitrogens with zero attached hydrogens (tertiary/aromatic N) is 7. The molecule has 17 nitrogen and oxygen atoms in total. The number of anilines is 3. The highest BCUT2D eigenvalue weighted by molar-refractivity contribution is 7.22. The molecule has 21 heteroatoms. The summed E-state index contributed by atoms with van der Waals surface area (Å²) in [5.41, 5.74) is 7.37. The third kappa shape index (κ3) is 13.0. The summed E-state index contributed by atoms with van der Waals surface area (Å²) in [5.74, 6) is -1.78. The maximum Gasteiger partial charge on any atom is 0.490 e. The largest absolute Gasteiger partial charge is 0.493 e. The zero-order chi connectivity index (χ0) is 58.0. The van der Waals surface area contributed by atoms with Gasteiger partial charge in [-0.3, -0.25) is 29.7 Å². The number of benzene rings is 4. The number of likely N-dealkylation sites (tertiary alicyclic amines) is 1. The minimum atomic E-state index is -4.90. The molecule has 3 saturated heterocycles. The lowest BCUT2D eigenvalue weighted by atomic mass is 9.90. The molecule has 0 bridgehead atoms. The molecule has 7 heterocycles. The van der Waals surface area contributed by atoms with Gasteiger partial charge in [-0.1, -0.05) is 47.7 Å². The Labute approximate surface area is 476 Å². The van der Waals surface area contributed by atoms with Crippen molar-refractivity contribution >= 4 is 78.8 Å². The number of esters is 1. The first kappa shape index (κ1) is 57.3. The third-order valence-corrected chi connectivity index (χ3v) is 16.6. The van der Waals surface area contributed by atoms with E-state index in [2.05, 4.69) is 48.4 Å². The number of hydrogen-bond acceptors (Lipinski definition) is 14. The van der Waals surface area contributed by atoms with Gasteiger partial charge in [0, 0.05) is 74.3 Å². The summed E-state index contributed by atoms with van der Waals surface area (Å²) in [6, 6.07) is 29.5. The van der Waals surface area contributed by atoms with E-state index in [1.807, 2.05) is 96.3 Å². The number of imide groups is 1. The number of carbonyl (C=O) groups is 5. The highest BCUT2D eigenvalue weighted by atomic mass is 32.1. The Balaban J connectivity index is 0.000000621. The molecule has 7 aromatic rings. The van der Waals surface area contributed by atoms with Crippen molar-refractivity contribution in [2.24, 2.45) is 18.9 Å². The van der Waals surface area contributed by atoms with E-state index in [0.717, 1.165) is 100 Å². The first-order chi connectivity index (χ1) is 39.1. The van der Waals surface area contributed by atoms with Crippen LogP contribution in [0, 0.1) is 18.8 Å². The van der Waals surface area contributed by atoms with Crippen molar-refractivity contribution < 1.29 is 51.7 Å². The predicted molar refractivity (Wildman–Crippen MR) is 307 cm³/mol. The summed E-state index contributed by atoms with van der Waals surface area (Å²) in [4.78, 5) is 77.3. The van der Waals surface area contributed by atoms with E-state index in [1.54, 1.807) is 0 Å². The van der Waals surface area contributed by atoms with E-state index in [4.69, 9.17) is 14.8 Å². The normalized spacial score (nSPS) is 17.2. The van der Waals surface area contributed by atoms with Gasteiger partial charge < -0.3 is 29.3 Å². The van der Waals surface area contributed by atoms with Crippen LogP contribution in [0.1, 0.15) is 108 Å². The quantitative estimate of drug-likeness (QED) is 0.0527. The summed E-state index contributed by atoms with van der Waals surface area (Å²) in [6.07, 6.45) is 1.04. The van der Waals surface area contributed by atoms with Gasteiger partial charge in [0.1, 0.15) is 17.2 Å². The smallest absolute Gasteiger partial charge is 0.490 e. The Hall–Kier alpha value is -7.91. The Bertz CT molecular complexity index is 3530. The summed E-state index contributed by atoms with van der Waals surface area (Å²) in [5, 5.41) is 22.2. The molecule has 3 N–H and O–H groups in total. The van der Waals surface area contributed by atoms with E-state index in [9.17, 15) is 42.3 Å². The average molecular weight is 1140 g/mol. The summed E-state index contributed by atoms with van der Waals surface area (Å²) in [7, 11) is 1.92. The Morgan fingerprint density at radius 3 is 2.34 bits per heavy atom. The second kappa shape index (κ2) is 23.9. The van der Waals surface area contributed by atoms with Crippen LogP contribution in [0.5, 0.6) is 5.75 Å². The van der Waals surface area contributed by atoms with Gasteiger partial charge in [0.25, 0.3) is 5.91 Å². The lowest BCUT2D eigenvalue weighted by Crippen LogP contribution is -2.52. The Kier molecular flexibility index (Phi) is 16.7. The number of piperidine rings is 2. The van der Waals surface area contributed by atoms with Gasteiger partial charge in [0.05, 0.1) is 34.0 Å². The number of para-hydroxylation sites is 1. The number of pyridine rings is 1. The monoisotopic (exact) mass is 1140 g/mol. The number of halogens is 3. The van der Waals surface area contributed by atoms with Crippen LogP contribution in [0.4, 0.5) is 29.8 Å². The third-order valence-electron chi connectivity index (χ3n) is 15.6. The van der Waals surface area contributed by atoms with Gasteiger partial charge in [-0.05, 0) is 162 Å². The van der Waals surface area contributed by atoms with Crippen molar-refractivity contribution in [1.82, 2.24) is 30.0 Å². The second-order valence-corrected chi connectivity index (χ2v) is 23.6. The number of carboxylic acid groups (broad SMARTS) is 1. The highest BCUT2D eigenvalue weighted by Gasteiger charge is 2.43. The summed E-state index contributed by atoms with van der Waals surface area (Å²) >= 11 is 1.44. The maximum atomic E-state index is 13.6. The van der Waals surface area contributed by atoms with Crippen LogP contribution in [0.3, 0.4) is 0 Å². The number of nitrogens with one attached hydrogen (secondary N) is 2. The zero-order valence-electron chi connectivity index (χ0n) is 46.5. The number of amides is 3. The number of hydrogen-bond donors (Lipinski definition) is 3. The molecule has 11 rings (SSSR count). The number of fused-ring (bicyclic) bond motifs is 3. The number of carboxylic acids is 1. The first-order valence-electron chi connectivity index (χ1n) is 27.7. The van der Waals surface area contributed by atoms with E-state index < -0.39 is 29.6 Å². The zero-order valence-corrected chi connectivity index (χ0v) is 47.3. The number of thiazole rings is 1. The van der Waals surface area contributed by atoms with Crippen molar-refractivity contribution in [2.45, 2.75) is 96.9 Å². The van der Waals surface area contributed by atoms with Crippen molar-refractivity contribution in [2.75, 3.05) is 61.0 Å². The van der Waals surface area contributed by atoms with E-state index >= 15 is 0 Å². The molecule has 0 saturated carbocycles. The maximum absolute atomic E-state index is 13.6. The fourth-order valence-electron chi connectivity index (χ4n) is 11.4. The van der Waals surface area contributed by atoms with Crippen molar-refractivity contribution in [3.05, 3.63) is 125 Å². The molecule has 0 spiro atoms. The van der Waals surface area contributed by atoms with Crippen LogP contribution >= 0.6 is 11.3 Å². The minimum Gasteiger partial charge on any atom is -0.493 e. The fraction of sp³-hybridized carbons (Fsp3) is 0.410. The highest BCUT2D eigenvalue weighted by Crippen LogP contribution is 2.37. The average Bonchev–Trinajstić information content (AvgIpc) is 4.20. The number of aryl methyl sites for hydroxylation is 1. The van der Waals surface area contributed by atoms with E-state index in [-0.39, 0.29) is 23.4 Å². The topological polar surface area (TPSA) is 201 Å². The molecule has 82 heavy (non-hydrogen) atoms. The number of aromatic nitrogens is 4. The molecule has 3 fully saturated rings. The second-order valence-electron chi connectivity index (χ2n) is 22.6. The van der Waals surface area contributed by atoms with Crippen molar-refractivity contribution in [1.29, 1.82) is 0 Å². The van der Waals surface area contributed by atoms with E-state index in [1.165, 1.54) is 50.6 Å². The number of aromatic carboxylic acids is 1. The van der Waals surface area contributed by atoms with Gasteiger partial charge in [0.2, 0.25) is 11.8 Å². The van der Waals surface area contributed by atoms with Gasteiger partial charge >= 0.3 is 18.1 Å². The number of rotatable bonds is 14. The minimum absolute atomic E-state index is 0.0255.